The number of rotatable bonds is 5. The Morgan fingerprint density at radius 2 is 1.50 bits per heavy atom. The van der Waals surface area contributed by atoms with E-state index in [2.05, 4.69) is 61.0 Å². The average molecular weight is 484 g/mol. The summed E-state index contributed by atoms with van der Waals surface area (Å²) < 4.78 is 4.07. The third-order valence-electron chi connectivity index (χ3n) is 7.52. The molecule has 3 aromatic heterocycles. The third kappa shape index (κ3) is 4.21. The van der Waals surface area contributed by atoms with Crippen molar-refractivity contribution in [1.82, 2.24) is 19.3 Å². The number of nitrogens with zero attached hydrogens (tertiary/aromatic N) is 7. The van der Waals surface area contributed by atoms with Crippen LogP contribution in [-0.2, 0) is 7.05 Å². The van der Waals surface area contributed by atoms with Gasteiger partial charge in [0, 0.05) is 70.0 Å². The lowest BCUT2D eigenvalue weighted by Crippen LogP contribution is -2.46. The maximum absolute atomic E-state index is 11.6. The number of hydrogen-bond acceptors (Lipinski definition) is 6. The molecule has 0 radical (unpaired) electrons. The molecule has 2 aliphatic heterocycles. The van der Waals surface area contributed by atoms with Crippen LogP contribution in [-0.4, -0.2) is 64.4 Å². The molecule has 36 heavy (non-hydrogen) atoms. The van der Waals surface area contributed by atoms with Crippen molar-refractivity contribution in [3.05, 3.63) is 60.6 Å². The van der Waals surface area contributed by atoms with Gasteiger partial charge in [-0.05, 0) is 62.6 Å². The van der Waals surface area contributed by atoms with Crippen molar-refractivity contribution < 1.29 is 4.79 Å². The molecule has 2 fully saturated rings. The molecule has 0 aliphatic carbocycles. The molecule has 0 amide bonds. The highest BCUT2D eigenvalue weighted by atomic mass is 16.1. The Bertz CT molecular complexity index is 1370. The van der Waals surface area contributed by atoms with Gasteiger partial charge in [0.1, 0.15) is 11.3 Å². The van der Waals surface area contributed by atoms with Gasteiger partial charge < -0.3 is 19.3 Å². The Balaban J connectivity index is 1.27. The number of ketones is 1. The van der Waals surface area contributed by atoms with E-state index in [-0.39, 0.29) is 5.78 Å². The van der Waals surface area contributed by atoms with E-state index in [1.54, 1.807) is 6.92 Å². The van der Waals surface area contributed by atoms with E-state index >= 15 is 0 Å². The molecular weight excluding hydrogens is 450 g/mol. The minimum atomic E-state index is 0.106. The summed E-state index contributed by atoms with van der Waals surface area (Å²) in [7, 11) is 1.95. The molecule has 2 saturated heterocycles. The van der Waals surface area contributed by atoms with Crippen LogP contribution >= 0.6 is 0 Å². The molecule has 0 N–H and O–H groups in total. The number of carbonyl (C=O) groups is 1. The number of piperazine rings is 1. The van der Waals surface area contributed by atoms with Gasteiger partial charge in [-0.15, -0.1) is 0 Å². The first-order valence-electron chi connectivity index (χ1n) is 12.9. The standard InChI is InChI=1S/C28H33N7O/c1-21(36)22-6-8-23(9-7-22)32-14-16-34(17-15-32)27-11-10-25-28(30-27)26(33-12-4-3-5-13-33)20-35(25)24-18-29-31(2)19-24/h6-11,18-20H,3-5,12-17H2,1-2H3. The predicted octanol–water partition coefficient (Wildman–Crippen LogP) is 4.28. The molecule has 8 nitrogen and oxygen atoms in total. The predicted molar refractivity (Wildman–Crippen MR) is 145 cm³/mol. The van der Waals surface area contributed by atoms with E-state index in [0.717, 1.165) is 67.4 Å². The molecule has 5 heterocycles. The maximum Gasteiger partial charge on any atom is 0.159 e. The topological polar surface area (TPSA) is 62.4 Å². The Labute approximate surface area is 211 Å². The number of aromatic nitrogens is 4. The molecule has 0 unspecified atom stereocenters. The summed E-state index contributed by atoms with van der Waals surface area (Å²) in [5.74, 6) is 1.14. The van der Waals surface area contributed by atoms with Crippen molar-refractivity contribution in [1.29, 1.82) is 0 Å². The fraction of sp³-hybridized carbons (Fsp3) is 0.393. The minimum Gasteiger partial charge on any atom is -0.369 e. The number of pyridine rings is 1. The monoisotopic (exact) mass is 483 g/mol. The maximum atomic E-state index is 11.6. The summed E-state index contributed by atoms with van der Waals surface area (Å²) in [4.78, 5) is 24.1. The van der Waals surface area contributed by atoms with E-state index in [1.807, 2.05) is 30.1 Å². The lowest BCUT2D eigenvalue weighted by atomic mass is 10.1. The number of aryl methyl sites for hydroxylation is 1. The van der Waals surface area contributed by atoms with E-state index in [4.69, 9.17) is 4.98 Å². The molecule has 0 atom stereocenters. The molecule has 0 bridgehead atoms. The van der Waals surface area contributed by atoms with Crippen LogP contribution in [0.2, 0.25) is 0 Å². The van der Waals surface area contributed by atoms with Crippen molar-refractivity contribution in [2.45, 2.75) is 26.2 Å². The van der Waals surface area contributed by atoms with Crippen LogP contribution in [0.1, 0.15) is 36.5 Å². The second-order valence-electron chi connectivity index (χ2n) is 9.92. The number of piperidine rings is 1. The van der Waals surface area contributed by atoms with Crippen molar-refractivity contribution in [2.75, 3.05) is 54.0 Å². The Morgan fingerprint density at radius 3 is 2.17 bits per heavy atom. The molecule has 2 aliphatic rings. The first-order valence-corrected chi connectivity index (χ1v) is 12.9. The summed E-state index contributed by atoms with van der Waals surface area (Å²) in [6, 6.07) is 12.3. The van der Waals surface area contributed by atoms with Crippen molar-refractivity contribution in [2.24, 2.45) is 7.05 Å². The average Bonchev–Trinajstić information content (AvgIpc) is 3.52. The normalized spacial score (nSPS) is 16.7. The molecular formula is C28H33N7O. The second-order valence-corrected chi connectivity index (χ2v) is 9.92. The molecule has 186 valence electrons. The molecule has 8 heteroatoms. The zero-order valence-electron chi connectivity index (χ0n) is 21.1. The van der Waals surface area contributed by atoms with Gasteiger partial charge in [-0.25, -0.2) is 4.98 Å². The first kappa shape index (κ1) is 22.6. The zero-order chi connectivity index (χ0) is 24.6. The molecule has 6 rings (SSSR count). The van der Waals surface area contributed by atoms with Crippen LogP contribution in [0.15, 0.2) is 55.0 Å². The zero-order valence-corrected chi connectivity index (χ0v) is 21.1. The van der Waals surface area contributed by atoms with Crippen LogP contribution < -0.4 is 14.7 Å². The van der Waals surface area contributed by atoms with Crippen molar-refractivity contribution in [3.8, 4) is 5.69 Å². The summed E-state index contributed by atoms with van der Waals surface area (Å²) >= 11 is 0. The molecule has 4 aromatic rings. The smallest absolute Gasteiger partial charge is 0.159 e. The van der Waals surface area contributed by atoms with E-state index < -0.39 is 0 Å². The molecule has 0 saturated carbocycles. The summed E-state index contributed by atoms with van der Waals surface area (Å²) in [6.45, 7) is 7.45. The van der Waals surface area contributed by atoms with Gasteiger partial charge in [0.2, 0.25) is 0 Å². The van der Waals surface area contributed by atoms with Gasteiger partial charge >= 0.3 is 0 Å². The fourth-order valence-corrected chi connectivity index (χ4v) is 5.47. The second kappa shape index (κ2) is 9.33. The summed E-state index contributed by atoms with van der Waals surface area (Å²) in [5, 5.41) is 4.39. The quantitative estimate of drug-likeness (QED) is 0.395. The van der Waals surface area contributed by atoms with Crippen LogP contribution in [0.4, 0.5) is 17.2 Å². The molecule has 0 spiro atoms. The fourth-order valence-electron chi connectivity index (χ4n) is 5.47. The lowest BCUT2D eigenvalue weighted by molar-refractivity contribution is 0.101. The van der Waals surface area contributed by atoms with E-state index in [9.17, 15) is 4.79 Å². The Morgan fingerprint density at radius 1 is 0.778 bits per heavy atom. The number of hydrogen-bond donors (Lipinski definition) is 0. The highest BCUT2D eigenvalue weighted by Crippen LogP contribution is 2.34. The SMILES string of the molecule is CC(=O)c1ccc(N2CCN(c3ccc4c(n3)c(N3CCCCC3)cn4-c3cnn(C)c3)CC2)cc1. The largest absolute Gasteiger partial charge is 0.369 e. The summed E-state index contributed by atoms with van der Waals surface area (Å²) in [6.07, 6.45) is 9.97. The number of Topliss-reactive ketones (excluding diaryl/α,β-unsaturated/α-hetero) is 1. The van der Waals surface area contributed by atoms with Crippen molar-refractivity contribution >= 4 is 34.0 Å². The minimum absolute atomic E-state index is 0.106. The van der Waals surface area contributed by atoms with Crippen molar-refractivity contribution in [3.63, 3.8) is 0 Å². The highest BCUT2D eigenvalue weighted by molar-refractivity contribution is 5.94. The van der Waals surface area contributed by atoms with Crippen LogP contribution in [0.3, 0.4) is 0 Å². The van der Waals surface area contributed by atoms with Gasteiger partial charge in [0.05, 0.1) is 23.1 Å². The number of fused-ring (bicyclic) bond motifs is 1. The number of benzene rings is 1. The van der Waals surface area contributed by atoms with Gasteiger partial charge in [-0.2, -0.15) is 5.10 Å². The number of carbonyl (C=O) groups excluding carboxylic acids is 1. The highest BCUT2D eigenvalue weighted by Gasteiger charge is 2.23. The first-order chi connectivity index (χ1) is 17.6. The van der Waals surface area contributed by atoms with E-state index in [1.165, 1.54) is 30.6 Å². The lowest BCUT2D eigenvalue weighted by Gasteiger charge is -2.37. The van der Waals surface area contributed by atoms with E-state index in [0.29, 0.717) is 0 Å². The van der Waals surface area contributed by atoms with Crippen LogP contribution in [0.25, 0.3) is 16.7 Å². The Kier molecular flexibility index (Phi) is 5.87. The van der Waals surface area contributed by atoms with Gasteiger partial charge in [0.25, 0.3) is 0 Å². The Hall–Kier alpha value is -3.81. The summed E-state index contributed by atoms with van der Waals surface area (Å²) in [5.41, 5.74) is 6.41. The third-order valence-corrected chi connectivity index (χ3v) is 7.52. The van der Waals surface area contributed by atoms with Gasteiger partial charge in [-0.3, -0.25) is 9.48 Å². The van der Waals surface area contributed by atoms with Crippen LogP contribution in [0.5, 0.6) is 0 Å². The number of anilines is 3. The molecule has 1 aromatic carbocycles. The van der Waals surface area contributed by atoms with Gasteiger partial charge in [0.15, 0.2) is 5.78 Å². The van der Waals surface area contributed by atoms with Crippen LogP contribution in [0, 0.1) is 0 Å². The van der Waals surface area contributed by atoms with Gasteiger partial charge in [-0.1, -0.05) is 0 Å².